The summed E-state index contributed by atoms with van der Waals surface area (Å²) in [5.74, 6) is 0.0614. The standard InChI is InChI=1S/C18H20N2O/c1-2-3-4-13-5-8-16(9-6-13)20-12-14-11-15(19)7-10-17(14)18(20)21/h5-11H,2-4,12,19H2,1H3. The lowest BCUT2D eigenvalue weighted by Crippen LogP contribution is -2.22. The van der Waals surface area contributed by atoms with E-state index in [2.05, 4.69) is 19.1 Å². The second-order valence-corrected chi connectivity index (χ2v) is 5.58. The lowest BCUT2D eigenvalue weighted by atomic mass is 10.1. The number of rotatable bonds is 4. The second kappa shape index (κ2) is 5.60. The van der Waals surface area contributed by atoms with Crippen LogP contribution in [0.5, 0.6) is 0 Å². The lowest BCUT2D eigenvalue weighted by Gasteiger charge is -2.16. The van der Waals surface area contributed by atoms with Crippen molar-refractivity contribution < 1.29 is 4.79 Å². The van der Waals surface area contributed by atoms with Crippen LogP contribution >= 0.6 is 0 Å². The minimum atomic E-state index is 0.0614. The van der Waals surface area contributed by atoms with Crippen molar-refractivity contribution in [1.82, 2.24) is 0 Å². The number of aryl methyl sites for hydroxylation is 1. The molecule has 0 fully saturated rings. The van der Waals surface area contributed by atoms with Gasteiger partial charge in [0.1, 0.15) is 0 Å². The lowest BCUT2D eigenvalue weighted by molar-refractivity contribution is 0.0996. The Bertz CT molecular complexity index is 661. The van der Waals surface area contributed by atoms with E-state index < -0.39 is 0 Å². The molecular weight excluding hydrogens is 260 g/mol. The fourth-order valence-electron chi connectivity index (χ4n) is 2.77. The molecule has 2 N–H and O–H groups in total. The Balaban J connectivity index is 1.81. The topological polar surface area (TPSA) is 46.3 Å². The summed E-state index contributed by atoms with van der Waals surface area (Å²) in [7, 11) is 0. The fourth-order valence-corrected chi connectivity index (χ4v) is 2.77. The monoisotopic (exact) mass is 280 g/mol. The number of anilines is 2. The van der Waals surface area contributed by atoms with Gasteiger partial charge in [-0.15, -0.1) is 0 Å². The number of nitrogens with zero attached hydrogens (tertiary/aromatic N) is 1. The first kappa shape index (κ1) is 13.7. The summed E-state index contributed by atoms with van der Waals surface area (Å²) in [6, 6.07) is 13.8. The quantitative estimate of drug-likeness (QED) is 0.866. The van der Waals surface area contributed by atoms with E-state index in [0.717, 1.165) is 23.2 Å². The van der Waals surface area contributed by atoms with E-state index in [1.54, 1.807) is 6.07 Å². The molecule has 0 bridgehead atoms. The van der Waals surface area contributed by atoms with Crippen molar-refractivity contribution >= 4 is 17.3 Å². The molecule has 2 aromatic rings. The molecule has 3 rings (SSSR count). The number of hydrogen-bond donors (Lipinski definition) is 1. The number of carbonyl (C=O) groups excluding carboxylic acids is 1. The van der Waals surface area contributed by atoms with Gasteiger partial charge in [-0.2, -0.15) is 0 Å². The molecule has 0 unspecified atom stereocenters. The number of fused-ring (bicyclic) bond motifs is 1. The van der Waals surface area contributed by atoms with Crippen molar-refractivity contribution in [3.63, 3.8) is 0 Å². The Labute approximate surface area is 125 Å². The number of benzene rings is 2. The smallest absolute Gasteiger partial charge is 0.258 e. The van der Waals surface area contributed by atoms with Gasteiger partial charge in [0.05, 0.1) is 6.54 Å². The Hall–Kier alpha value is -2.29. The predicted octanol–water partition coefficient (Wildman–Crippen LogP) is 3.77. The van der Waals surface area contributed by atoms with Gasteiger partial charge in [-0.05, 0) is 54.3 Å². The summed E-state index contributed by atoms with van der Waals surface area (Å²) >= 11 is 0. The van der Waals surface area contributed by atoms with Crippen LogP contribution in [0, 0.1) is 0 Å². The van der Waals surface area contributed by atoms with E-state index >= 15 is 0 Å². The van der Waals surface area contributed by atoms with Gasteiger partial charge in [0.15, 0.2) is 0 Å². The van der Waals surface area contributed by atoms with Gasteiger partial charge in [-0.25, -0.2) is 0 Å². The molecule has 0 aromatic heterocycles. The average Bonchev–Trinajstić information content (AvgIpc) is 2.82. The third-order valence-corrected chi connectivity index (χ3v) is 4.00. The molecule has 3 nitrogen and oxygen atoms in total. The van der Waals surface area contributed by atoms with E-state index in [1.807, 2.05) is 29.2 Å². The molecule has 21 heavy (non-hydrogen) atoms. The highest BCUT2D eigenvalue weighted by Crippen LogP contribution is 2.29. The summed E-state index contributed by atoms with van der Waals surface area (Å²) in [6.45, 7) is 2.80. The molecule has 0 saturated carbocycles. The molecule has 108 valence electrons. The summed E-state index contributed by atoms with van der Waals surface area (Å²) in [5, 5.41) is 0. The van der Waals surface area contributed by atoms with Crippen LogP contribution in [0.4, 0.5) is 11.4 Å². The summed E-state index contributed by atoms with van der Waals surface area (Å²) in [4.78, 5) is 14.3. The molecule has 1 aliphatic heterocycles. The second-order valence-electron chi connectivity index (χ2n) is 5.58. The van der Waals surface area contributed by atoms with Crippen LogP contribution in [-0.4, -0.2) is 5.91 Å². The van der Waals surface area contributed by atoms with E-state index in [0.29, 0.717) is 12.2 Å². The molecule has 2 aromatic carbocycles. The third kappa shape index (κ3) is 2.64. The molecule has 0 atom stereocenters. The van der Waals surface area contributed by atoms with Crippen LogP contribution < -0.4 is 10.6 Å². The number of nitrogen functional groups attached to an aromatic ring is 1. The summed E-state index contributed by atoms with van der Waals surface area (Å²) in [5.41, 5.74) is 10.6. The van der Waals surface area contributed by atoms with E-state index in [1.165, 1.54) is 18.4 Å². The molecule has 0 aliphatic carbocycles. The number of carbonyl (C=O) groups is 1. The SMILES string of the molecule is CCCCc1ccc(N2Cc3cc(N)ccc3C2=O)cc1. The van der Waals surface area contributed by atoms with Crippen molar-refractivity contribution in [3.05, 3.63) is 59.2 Å². The van der Waals surface area contributed by atoms with E-state index in [-0.39, 0.29) is 5.91 Å². The van der Waals surface area contributed by atoms with Crippen LogP contribution in [-0.2, 0) is 13.0 Å². The highest BCUT2D eigenvalue weighted by Gasteiger charge is 2.28. The molecule has 1 aliphatic rings. The predicted molar refractivity (Wildman–Crippen MR) is 86.4 cm³/mol. The van der Waals surface area contributed by atoms with Crippen molar-refractivity contribution in [2.75, 3.05) is 10.6 Å². The minimum Gasteiger partial charge on any atom is -0.399 e. The molecule has 1 amide bonds. The number of unbranched alkanes of at least 4 members (excludes halogenated alkanes) is 1. The van der Waals surface area contributed by atoms with Gasteiger partial charge in [0, 0.05) is 16.9 Å². The highest BCUT2D eigenvalue weighted by molar-refractivity contribution is 6.10. The van der Waals surface area contributed by atoms with E-state index in [4.69, 9.17) is 5.73 Å². The summed E-state index contributed by atoms with van der Waals surface area (Å²) < 4.78 is 0. The van der Waals surface area contributed by atoms with Crippen molar-refractivity contribution in [1.29, 1.82) is 0 Å². The molecule has 1 heterocycles. The first-order chi connectivity index (χ1) is 10.2. The summed E-state index contributed by atoms with van der Waals surface area (Å²) in [6.07, 6.45) is 3.50. The third-order valence-electron chi connectivity index (χ3n) is 4.00. The zero-order valence-corrected chi connectivity index (χ0v) is 12.3. The van der Waals surface area contributed by atoms with Crippen molar-refractivity contribution in [2.45, 2.75) is 32.7 Å². The van der Waals surface area contributed by atoms with Gasteiger partial charge in [-0.3, -0.25) is 4.79 Å². The van der Waals surface area contributed by atoms with Crippen LogP contribution in [0.3, 0.4) is 0 Å². The maximum absolute atomic E-state index is 12.5. The van der Waals surface area contributed by atoms with Crippen molar-refractivity contribution in [3.8, 4) is 0 Å². The maximum atomic E-state index is 12.5. The first-order valence-electron chi connectivity index (χ1n) is 7.48. The zero-order chi connectivity index (χ0) is 14.8. The van der Waals surface area contributed by atoms with Crippen molar-refractivity contribution in [2.24, 2.45) is 0 Å². The van der Waals surface area contributed by atoms with Gasteiger partial charge in [0.25, 0.3) is 5.91 Å². The first-order valence-corrected chi connectivity index (χ1v) is 7.48. The van der Waals surface area contributed by atoms with Crippen LogP contribution in [0.25, 0.3) is 0 Å². The Kier molecular flexibility index (Phi) is 3.65. The molecule has 0 spiro atoms. The van der Waals surface area contributed by atoms with E-state index in [9.17, 15) is 4.79 Å². The molecule has 3 heteroatoms. The van der Waals surface area contributed by atoms with Gasteiger partial charge < -0.3 is 10.6 Å². The fraction of sp³-hybridized carbons (Fsp3) is 0.278. The number of nitrogens with two attached hydrogens (primary N) is 1. The maximum Gasteiger partial charge on any atom is 0.258 e. The Morgan fingerprint density at radius 1 is 1.14 bits per heavy atom. The van der Waals surface area contributed by atoms with Crippen LogP contribution in [0.15, 0.2) is 42.5 Å². The van der Waals surface area contributed by atoms with Gasteiger partial charge in [-0.1, -0.05) is 25.5 Å². The van der Waals surface area contributed by atoms with Crippen LogP contribution in [0.2, 0.25) is 0 Å². The minimum absolute atomic E-state index is 0.0614. The largest absolute Gasteiger partial charge is 0.399 e. The molecule has 0 radical (unpaired) electrons. The molecular formula is C18H20N2O. The number of amides is 1. The molecule has 0 saturated heterocycles. The van der Waals surface area contributed by atoms with Crippen LogP contribution in [0.1, 0.15) is 41.3 Å². The van der Waals surface area contributed by atoms with Gasteiger partial charge in [0.2, 0.25) is 0 Å². The Morgan fingerprint density at radius 3 is 2.62 bits per heavy atom. The zero-order valence-electron chi connectivity index (χ0n) is 12.3. The highest BCUT2D eigenvalue weighted by atomic mass is 16.2. The normalized spacial score (nSPS) is 13.6. The average molecular weight is 280 g/mol. The Morgan fingerprint density at radius 2 is 1.90 bits per heavy atom. The number of hydrogen-bond acceptors (Lipinski definition) is 2. The van der Waals surface area contributed by atoms with Gasteiger partial charge >= 0.3 is 0 Å².